The monoisotopic (exact) mass is 257 g/mol. The number of nitrogens with zero attached hydrogens (tertiary/aromatic N) is 4. The van der Waals surface area contributed by atoms with Crippen molar-refractivity contribution >= 4 is 29.0 Å². The second kappa shape index (κ2) is 3.71. The Morgan fingerprint density at radius 2 is 2.12 bits per heavy atom. The van der Waals surface area contributed by atoms with Crippen molar-refractivity contribution in [3.63, 3.8) is 0 Å². The molecule has 7 heteroatoms. The van der Waals surface area contributed by atoms with Crippen LogP contribution in [0.2, 0.25) is 5.02 Å². The highest BCUT2D eigenvalue weighted by atomic mass is 35.5. The van der Waals surface area contributed by atoms with Crippen molar-refractivity contribution in [1.82, 2.24) is 19.1 Å². The van der Waals surface area contributed by atoms with Crippen molar-refractivity contribution in [1.29, 1.82) is 0 Å². The van der Waals surface area contributed by atoms with Crippen LogP contribution in [0.5, 0.6) is 0 Å². The normalized spacial score (nSPS) is 12.0. The maximum absolute atomic E-state index is 5.82. The third-order valence-electron chi connectivity index (χ3n) is 1.98. The molecule has 5 nitrogen and oxygen atoms in total. The largest absolute Gasteiger partial charge is 0.381 e. The lowest BCUT2D eigenvalue weighted by molar-refractivity contribution is 0.553. The van der Waals surface area contributed by atoms with E-state index in [-0.39, 0.29) is 5.41 Å². The summed E-state index contributed by atoms with van der Waals surface area (Å²) >= 11 is 7.10. The lowest BCUT2D eigenvalue weighted by atomic mass is 9.96. The highest BCUT2D eigenvalue weighted by Gasteiger charge is 2.20. The van der Waals surface area contributed by atoms with Crippen LogP contribution in [-0.4, -0.2) is 19.1 Å². The van der Waals surface area contributed by atoms with Crippen LogP contribution >= 0.6 is 23.1 Å². The molecule has 16 heavy (non-hydrogen) atoms. The molecule has 0 radical (unpaired) electrons. The molecule has 86 valence electrons. The number of halogens is 1. The molecule has 2 N–H and O–H groups in total. The van der Waals surface area contributed by atoms with Gasteiger partial charge in [-0.05, 0) is 0 Å². The zero-order chi connectivity index (χ0) is 11.9. The molecule has 0 unspecified atom stereocenters. The van der Waals surface area contributed by atoms with E-state index >= 15 is 0 Å². The van der Waals surface area contributed by atoms with Gasteiger partial charge in [0.05, 0.1) is 6.20 Å². The lowest BCUT2D eigenvalue weighted by Gasteiger charge is -2.11. The molecule has 0 bridgehead atoms. The minimum atomic E-state index is -0.0722. The first kappa shape index (κ1) is 11.3. The fourth-order valence-corrected chi connectivity index (χ4v) is 1.99. The Labute approximate surface area is 102 Å². The van der Waals surface area contributed by atoms with E-state index in [0.29, 0.717) is 16.0 Å². The van der Waals surface area contributed by atoms with Gasteiger partial charge in [0.2, 0.25) is 5.13 Å². The van der Waals surface area contributed by atoms with Crippen LogP contribution in [0.3, 0.4) is 0 Å². The highest BCUT2D eigenvalue weighted by molar-refractivity contribution is 7.08. The second-order valence-electron chi connectivity index (χ2n) is 4.46. The molecule has 0 aromatic carbocycles. The Kier molecular flexibility index (Phi) is 2.63. The van der Waals surface area contributed by atoms with Gasteiger partial charge in [0.25, 0.3) is 0 Å². The van der Waals surface area contributed by atoms with Gasteiger partial charge < -0.3 is 5.73 Å². The van der Waals surface area contributed by atoms with Gasteiger partial charge in [-0.25, -0.2) is 9.67 Å². The van der Waals surface area contributed by atoms with Crippen molar-refractivity contribution in [2.45, 2.75) is 26.2 Å². The maximum Gasteiger partial charge on any atom is 0.230 e. The molecule has 0 saturated carbocycles. The minimum absolute atomic E-state index is 0.0722. The summed E-state index contributed by atoms with van der Waals surface area (Å²) in [7, 11) is 0. The fourth-order valence-electron chi connectivity index (χ4n) is 1.08. The molecular formula is C9H12ClN5S. The second-order valence-corrected chi connectivity index (χ2v) is 5.59. The summed E-state index contributed by atoms with van der Waals surface area (Å²) in [6, 6.07) is 0. The molecule has 0 fully saturated rings. The van der Waals surface area contributed by atoms with Crippen molar-refractivity contribution in [2.75, 3.05) is 5.73 Å². The van der Waals surface area contributed by atoms with Gasteiger partial charge >= 0.3 is 0 Å². The summed E-state index contributed by atoms with van der Waals surface area (Å²) in [5, 5.41) is 5.14. The van der Waals surface area contributed by atoms with Crippen LogP contribution in [0, 0.1) is 0 Å². The number of rotatable bonds is 1. The average molecular weight is 258 g/mol. The van der Waals surface area contributed by atoms with Crippen LogP contribution in [0.25, 0.3) is 5.13 Å². The molecule has 0 saturated heterocycles. The smallest absolute Gasteiger partial charge is 0.230 e. The van der Waals surface area contributed by atoms with Crippen molar-refractivity contribution in [3.05, 3.63) is 17.0 Å². The number of aromatic nitrogens is 4. The van der Waals surface area contributed by atoms with Crippen LogP contribution < -0.4 is 5.73 Å². The SMILES string of the molecule is CC(C)(C)c1nsc(-n2cc(Cl)c(N)n2)n1. The van der Waals surface area contributed by atoms with Gasteiger partial charge in [-0.15, -0.1) is 5.10 Å². The van der Waals surface area contributed by atoms with E-state index in [4.69, 9.17) is 17.3 Å². The Hall–Kier alpha value is -1.14. The summed E-state index contributed by atoms with van der Waals surface area (Å²) in [5.41, 5.74) is 5.49. The highest BCUT2D eigenvalue weighted by Crippen LogP contribution is 2.24. The fraction of sp³-hybridized carbons (Fsp3) is 0.444. The molecule has 0 aliphatic rings. The number of nitrogen functional groups attached to an aromatic ring is 1. The third kappa shape index (κ3) is 2.03. The molecule has 2 aromatic rings. The quantitative estimate of drug-likeness (QED) is 0.851. The Morgan fingerprint density at radius 1 is 1.44 bits per heavy atom. The van der Waals surface area contributed by atoms with E-state index < -0.39 is 0 Å². The molecule has 0 aliphatic heterocycles. The Bertz CT molecular complexity index is 491. The van der Waals surface area contributed by atoms with Gasteiger partial charge in [0, 0.05) is 16.9 Å². The molecule has 0 aliphatic carbocycles. The van der Waals surface area contributed by atoms with Crippen LogP contribution in [0.4, 0.5) is 5.82 Å². The number of hydrogen-bond donors (Lipinski definition) is 1. The number of anilines is 1. The Morgan fingerprint density at radius 3 is 2.56 bits per heavy atom. The summed E-state index contributed by atoms with van der Waals surface area (Å²) in [6.45, 7) is 6.18. The predicted octanol–water partition coefficient (Wildman–Crippen LogP) is 2.26. The third-order valence-corrected chi connectivity index (χ3v) is 2.97. The van der Waals surface area contributed by atoms with Crippen molar-refractivity contribution in [3.8, 4) is 5.13 Å². The summed E-state index contributed by atoms with van der Waals surface area (Å²) < 4.78 is 5.83. The topological polar surface area (TPSA) is 69.6 Å². The zero-order valence-corrected chi connectivity index (χ0v) is 10.8. The maximum atomic E-state index is 5.82. The van der Waals surface area contributed by atoms with E-state index in [1.54, 1.807) is 10.9 Å². The van der Waals surface area contributed by atoms with E-state index in [0.717, 1.165) is 5.82 Å². The van der Waals surface area contributed by atoms with Crippen molar-refractivity contribution < 1.29 is 0 Å². The van der Waals surface area contributed by atoms with Gasteiger partial charge in [0.1, 0.15) is 10.8 Å². The van der Waals surface area contributed by atoms with E-state index in [9.17, 15) is 0 Å². The molecule has 2 aromatic heterocycles. The zero-order valence-electron chi connectivity index (χ0n) is 9.23. The van der Waals surface area contributed by atoms with E-state index in [2.05, 4.69) is 35.2 Å². The summed E-state index contributed by atoms with van der Waals surface area (Å²) in [6.07, 6.45) is 1.63. The number of nitrogens with two attached hydrogens (primary N) is 1. The Balaban J connectivity index is 2.39. The average Bonchev–Trinajstić information content (AvgIpc) is 2.73. The van der Waals surface area contributed by atoms with Crippen molar-refractivity contribution in [2.24, 2.45) is 0 Å². The molecule has 0 spiro atoms. The standard InChI is InChI=1S/C9H12ClN5S/c1-9(2,3)7-12-8(16-14-7)15-4-5(10)6(11)13-15/h4H,1-3H3,(H2,11,13). The van der Waals surface area contributed by atoms with Gasteiger partial charge in [-0.3, -0.25) is 0 Å². The molecule has 2 rings (SSSR count). The van der Waals surface area contributed by atoms with Crippen LogP contribution in [0.15, 0.2) is 6.20 Å². The molecule has 0 atom stereocenters. The van der Waals surface area contributed by atoms with Gasteiger partial charge in [0.15, 0.2) is 5.82 Å². The van der Waals surface area contributed by atoms with Gasteiger partial charge in [-0.2, -0.15) is 4.37 Å². The van der Waals surface area contributed by atoms with E-state index in [1.807, 2.05) is 0 Å². The van der Waals surface area contributed by atoms with Crippen LogP contribution in [0.1, 0.15) is 26.6 Å². The molecule has 2 heterocycles. The van der Waals surface area contributed by atoms with E-state index in [1.165, 1.54) is 11.5 Å². The number of hydrogen-bond acceptors (Lipinski definition) is 5. The first-order chi connectivity index (χ1) is 7.38. The summed E-state index contributed by atoms with van der Waals surface area (Å²) in [4.78, 5) is 4.40. The lowest BCUT2D eigenvalue weighted by Crippen LogP contribution is -2.13. The first-order valence-electron chi connectivity index (χ1n) is 4.73. The van der Waals surface area contributed by atoms with Crippen LogP contribution in [-0.2, 0) is 5.41 Å². The van der Waals surface area contributed by atoms with Gasteiger partial charge in [-0.1, -0.05) is 32.4 Å². The predicted molar refractivity (Wildman–Crippen MR) is 65.2 cm³/mol. The first-order valence-corrected chi connectivity index (χ1v) is 5.88. The summed E-state index contributed by atoms with van der Waals surface area (Å²) in [5.74, 6) is 1.09. The minimum Gasteiger partial charge on any atom is -0.381 e. The molecular weight excluding hydrogens is 246 g/mol. The molecule has 0 amide bonds.